The minimum Gasteiger partial charge on any atom is -0.477 e. The van der Waals surface area contributed by atoms with E-state index < -0.39 is 99.2 Å². The maximum Gasteiger partial charge on any atom is 0.475 e. The number of hydrogen-bond acceptors (Lipinski definition) is 15. The van der Waals surface area contributed by atoms with Crippen LogP contribution in [0.1, 0.15) is 32.9 Å². The van der Waals surface area contributed by atoms with Gasteiger partial charge in [0.25, 0.3) is 5.79 Å². The highest BCUT2D eigenvalue weighted by Gasteiger charge is 2.58. The van der Waals surface area contributed by atoms with Crippen LogP contribution in [-0.2, 0) is 32.7 Å². The summed E-state index contributed by atoms with van der Waals surface area (Å²) in [6.45, 7) is 1.56. The Morgan fingerprint density at radius 1 is 1.32 bits per heavy atom. The molecule has 41 heavy (non-hydrogen) atoms. The quantitative estimate of drug-likeness (QED) is 0.108. The molecule has 3 rings (SSSR count). The standard InChI is InChI=1S/C21H33N4O15P/c1-3-9(27)14(29)17-13(23-8(2)26)10(28)6-21(39-17,19(32)33)40-41(35,36)37-7-11-15(30)16(31)18(38-11)25-5-4-12(22)24-20(25)34/h4-5,9-11,13-18,27-31H,3,6-7H2,1-2H3,(H,23,26)(H,32,33)(H,35,36)(H2,22,24,34)/t9-,10?,11?,13?,14-,15?,16?,17?,18?,21?/m1/s1. The molecule has 0 aromatic carbocycles. The molecule has 2 fully saturated rings. The summed E-state index contributed by atoms with van der Waals surface area (Å²) < 4.78 is 34.0. The highest BCUT2D eigenvalue weighted by atomic mass is 31.2. The van der Waals surface area contributed by atoms with Crippen molar-refractivity contribution in [2.75, 3.05) is 12.3 Å². The van der Waals surface area contributed by atoms with Gasteiger partial charge in [0.1, 0.15) is 36.3 Å². The average molecular weight is 612 g/mol. The third-order valence-electron chi connectivity index (χ3n) is 6.55. The molecule has 20 heteroatoms. The lowest BCUT2D eigenvalue weighted by atomic mass is 9.88. The molecule has 0 saturated carbocycles. The molecule has 0 aliphatic carbocycles. The van der Waals surface area contributed by atoms with Gasteiger partial charge < -0.3 is 56.1 Å². The third kappa shape index (κ3) is 7.27. The molecule has 19 nitrogen and oxygen atoms in total. The number of amides is 1. The molecule has 11 atom stereocenters. The number of nitrogens with one attached hydrogen (secondary N) is 1. The zero-order valence-corrected chi connectivity index (χ0v) is 22.7. The van der Waals surface area contributed by atoms with Gasteiger partial charge in [0.05, 0.1) is 24.9 Å². The number of phosphoric acid groups is 1. The molecule has 9 unspecified atom stereocenters. The van der Waals surface area contributed by atoms with E-state index in [2.05, 4.69) is 10.3 Å². The molecule has 1 amide bonds. The first kappa shape index (κ1) is 33.0. The average Bonchev–Trinajstić information content (AvgIpc) is 3.16. The van der Waals surface area contributed by atoms with Gasteiger partial charge in [0, 0.05) is 19.5 Å². The van der Waals surface area contributed by atoms with Crippen molar-refractivity contribution in [1.29, 1.82) is 0 Å². The first-order chi connectivity index (χ1) is 19.0. The smallest absolute Gasteiger partial charge is 0.475 e. The molecule has 232 valence electrons. The summed E-state index contributed by atoms with van der Waals surface area (Å²) in [6, 6.07) is -0.237. The van der Waals surface area contributed by atoms with E-state index in [9.17, 15) is 54.5 Å². The van der Waals surface area contributed by atoms with E-state index in [1.165, 1.54) is 13.0 Å². The fourth-order valence-electron chi connectivity index (χ4n) is 4.45. The SMILES string of the molecule is CC[C@@H](O)[C@@H](O)C1OC(OP(=O)(O)OCC2OC(n3ccc(N)nc3=O)C(O)C2O)(C(=O)O)CC(O)C1NC(C)=O. The Balaban J connectivity index is 1.79. The monoisotopic (exact) mass is 612 g/mol. The van der Waals surface area contributed by atoms with Crippen LogP contribution in [0, 0.1) is 0 Å². The number of aliphatic hydroxyl groups is 5. The Hall–Kier alpha value is -2.55. The first-order valence-corrected chi connectivity index (χ1v) is 13.8. The van der Waals surface area contributed by atoms with Crippen molar-refractivity contribution >= 4 is 25.5 Å². The van der Waals surface area contributed by atoms with Crippen LogP contribution in [0.25, 0.3) is 0 Å². The van der Waals surface area contributed by atoms with Crippen molar-refractivity contribution in [1.82, 2.24) is 14.9 Å². The predicted octanol–water partition coefficient (Wildman–Crippen LogP) is -3.85. The van der Waals surface area contributed by atoms with Gasteiger partial charge in [0.2, 0.25) is 5.91 Å². The van der Waals surface area contributed by atoms with Crippen molar-refractivity contribution in [2.45, 2.75) is 87.5 Å². The molecule has 0 bridgehead atoms. The number of aliphatic hydroxyl groups excluding tert-OH is 5. The second-order valence-electron chi connectivity index (χ2n) is 9.55. The van der Waals surface area contributed by atoms with Crippen LogP contribution in [0.5, 0.6) is 0 Å². The number of aromatic nitrogens is 2. The Morgan fingerprint density at radius 3 is 2.54 bits per heavy atom. The van der Waals surface area contributed by atoms with Gasteiger partial charge in [-0.25, -0.2) is 18.7 Å². The summed E-state index contributed by atoms with van der Waals surface area (Å²) in [4.78, 5) is 49.8. The number of carboxylic acid groups (broad SMARTS) is 1. The van der Waals surface area contributed by atoms with Crippen LogP contribution in [0.15, 0.2) is 17.1 Å². The molecule has 0 spiro atoms. The molecular weight excluding hydrogens is 579 g/mol. The van der Waals surface area contributed by atoms with Crippen LogP contribution in [0.3, 0.4) is 0 Å². The van der Waals surface area contributed by atoms with Crippen molar-refractivity contribution in [3.63, 3.8) is 0 Å². The number of carboxylic acids is 1. The van der Waals surface area contributed by atoms with E-state index in [4.69, 9.17) is 24.3 Å². The highest BCUT2D eigenvalue weighted by Crippen LogP contribution is 2.51. The molecule has 10 N–H and O–H groups in total. The number of hydrogen-bond donors (Lipinski definition) is 9. The highest BCUT2D eigenvalue weighted by molar-refractivity contribution is 7.47. The number of carbonyl (C=O) groups is 2. The van der Waals surface area contributed by atoms with Gasteiger partial charge in [-0.3, -0.25) is 13.9 Å². The Bertz CT molecular complexity index is 1220. The van der Waals surface area contributed by atoms with Gasteiger partial charge in [-0.1, -0.05) is 6.92 Å². The number of nitrogens with two attached hydrogens (primary N) is 1. The molecule has 2 aliphatic rings. The zero-order valence-electron chi connectivity index (χ0n) is 21.8. The summed E-state index contributed by atoms with van der Waals surface area (Å²) in [5.41, 5.74) is 4.49. The lowest BCUT2D eigenvalue weighted by Gasteiger charge is -2.46. The van der Waals surface area contributed by atoms with Gasteiger partial charge >= 0.3 is 19.5 Å². The zero-order chi connectivity index (χ0) is 30.9. The number of aliphatic carboxylic acids is 1. The number of carbonyl (C=O) groups excluding carboxylic acids is 1. The topological polar surface area (TPSA) is 303 Å². The Morgan fingerprint density at radius 2 is 1.98 bits per heavy atom. The van der Waals surface area contributed by atoms with E-state index in [1.54, 1.807) is 0 Å². The molecular formula is C21H33N4O15P. The number of nitrogens with zero attached hydrogens (tertiary/aromatic N) is 2. The van der Waals surface area contributed by atoms with Crippen LogP contribution < -0.4 is 16.7 Å². The summed E-state index contributed by atoms with van der Waals surface area (Å²) >= 11 is 0. The van der Waals surface area contributed by atoms with Gasteiger partial charge in [-0.15, -0.1) is 0 Å². The van der Waals surface area contributed by atoms with E-state index in [-0.39, 0.29) is 12.2 Å². The second kappa shape index (κ2) is 12.8. The lowest BCUT2D eigenvalue weighted by molar-refractivity contribution is -0.288. The lowest BCUT2D eigenvalue weighted by Crippen LogP contribution is -2.67. The van der Waals surface area contributed by atoms with E-state index in [1.807, 2.05) is 0 Å². The minimum absolute atomic E-state index is 0.0540. The fourth-order valence-corrected chi connectivity index (χ4v) is 5.41. The van der Waals surface area contributed by atoms with E-state index >= 15 is 0 Å². The van der Waals surface area contributed by atoms with E-state index in [0.717, 1.165) is 17.7 Å². The normalized spacial score (nSPS) is 34.9. The maximum absolute atomic E-state index is 12.8. The summed E-state index contributed by atoms with van der Waals surface area (Å²) in [6.07, 6.45) is -13.6. The number of ether oxygens (including phenoxy) is 2. The Kier molecular flexibility index (Phi) is 10.3. The largest absolute Gasteiger partial charge is 0.477 e. The molecule has 2 aliphatic heterocycles. The number of rotatable bonds is 11. The van der Waals surface area contributed by atoms with E-state index in [0.29, 0.717) is 0 Å². The number of phosphoric ester groups is 1. The fraction of sp³-hybridized carbons (Fsp3) is 0.714. The van der Waals surface area contributed by atoms with Gasteiger partial charge in [-0.05, 0) is 12.5 Å². The van der Waals surface area contributed by atoms with Gasteiger partial charge in [0.15, 0.2) is 6.23 Å². The summed E-state index contributed by atoms with van der Waals surface area (Å²) in [5, 5.41) is 64.1. The molecule has 0 radical (unpaired) electrons. The summed E-state index contributed by atoms with van der Waals surface area (Å²) in [7, 11) is -5.47. The number of nitrogen functional groups attached to an aromatic ring is 1. The van der Waals surface area contributed by atoms with Gasteiger partial charge in [-0.2, -0.15) is 4.98 Å². The van der Waals surface area contributed by atoms with Crippen molar-refractivity contribution < 1.29 is 68.2 Å². The van der Waals surface area contributed by atoms with Crippen molar-refractivity contribution in [3.05, 3.63) is 22.7 Å². The molecule has 1 aromatic heterocycles. The van der Waals surface area contributed by atoms with Crippen LogP contribution in [-0.4, -0.2) is 118 Å². The molecule has 1 aromatic rings. The first-order valence-electron chi connectivity index (χ1n) is 12.3. The van der Waals surface area contributed by atoms with Crippen LogP contribution >= 0.6 is 7.82 Å². The minimum atomic E-state index is -5.47. The predicted molar refractivity (Wildman–Crippen MR) is 131 cm³/mol. The third-order valence-corrected chi connectivity index (χ3v) is 7.55. The summed E-state index contributed by atoms with van der Waals surface area (Å²) in [5.74, 6) is -5.98. The second-order valence-corrected chi connectivity index (χ2v) is 10.9. The number of anilines is 1. The van der Waals surface area contributed by atoms with Crippen LogP contribution in [0.2, 0.25) is 0 Å². The van der Waals surface area contributed by atoms with Crippen molar-refractivity contribution in [3.8, 4) is 0 Å². The molecule has 2 saturated heterocycles. The Labute approximate surface area is 231 Å². The van der Waals surface area contributed by atoms with Crippen molar-refractivity contribution in [2.24, 2.45) is 0 Å². The maximum atomic E-state index is 12.8. The molecule has 3 heterocycles. The van der Waals surface area contributed by atoms with Crippen LogP contribution in [0.4, 0.5) is 5.82 Å².